The molecule has 0 aliphatic heterocycles. The first-order chi connectivity index (χ1) is 7.15. The van der Waals surface area contributed by atoms with Gasteiger partial charge in [0.05, 0.1) is 0 Å². The Morgan fingerprint density at radius 1 is 1.40 bits per heavy atom. The highest BCUT2D eigenvalue weighted by Gasteiger charge is 2.37. The zero-order valence-corrected chi connectivity index (χ0v) is 9.59. The van der Waals surface area contributed by atoms with Crippen LogP contribution in [-0.2, 0) is 6.42 Å². The van der Waals surface area contributed by atoms with Crippen molar-refractivity contribution in [3.05, 3.63) is 35.4 Å². The molecule has 2 rings (SSSR count). The van der Waals surface area contributed by atoms with Crippen LogP contribution in [0.4, 0.5) is 0 Å². The minimum Gasteiger partial charge on any atom is -0.329 e. The number of rotatable bonds is 3. The number of hydrogen-bond acceptors (Lipinski definition) is 2. The van der Waals surface area contributed by atoms with Gasteiger partial charge in [0.1, 0.15) is 0 Å². The van der Waals surface area contributed by atoms with Gasteiger partial charge < -0.3 is 11.1 Å². The predicted octanol–water partition coefficient (Wildman–Crippen LogP) is 1.86. The molecule has 2 nitrogen and oxygen atoms in total. The van der Waals surface area contributed by atoms with Gasteiger partial charge in [0, 0.05) is 19.1 Å². The van der Waals surface area contributed by atoms with Gasteiger partial charge in [0.15, 0.2) is 0 Å². The van der Waals surface area contributed by atoms with Gasteiger partial charge in [0.25, 0.3) is 0 Å². The molecule has 2 heteroatoms. The summed E-state index contributed by atoms with van der Waals surface area (Å²) in [4.78, 5) is 0. The zero-order valence-electron chi connectivity index (χ0n) is 9.59. The van der Waals surface area contributed by atoms with Gasteiger partial charge >= 0.3 is 0 Å². The van der Waals surface area contributed by atoms with E-state index in [9.17, 15) is 0 Å². The van der Waals surface area contributed by atoms with E-state index in [1.54, 1.807) is 0 Å². The Balaban J connectivity index is 2.26. The summed E-state index contributed by atoms with van der Waals surface area (Å²) >= 11 is 0. The fourth-order valence-electron chi connectivity index (χ4n) is 2.60. The van der Waals surface area contributed by atoms with Crippen LogP contribution in [0.3, 0.4) is 0 Å². The third-order valence-electron chi connectivity index (χ3n) is 3.29. The Morgan fingerprint density at radius 2 is 2.13 bits per heavy atom. The Bertz CT molecular complexity index is 344. The second-order valence-corrected chi connectivity index (χ2v) is 5.04. The third-order valence-corrected chi connectivity index (χ3v) is 3.29. The number of fused-ring (bicyclic) bond motifs is 1. The highest BCUT2D eigenvalue weighted by molar-refractivity contribution is 5.37. The van der Waals surface area contributed by atoms with Gasteiger partial charge in [-0.15, -0.1) is 0 Å². The first-order valence-corrected chi connectivity index (χ1v) is 5.66. The molecule has 1 aliphatic rings. The van der Waals surface area contributed by atoms with Crippen molar-refractivity contribution in [1.29, 1.82) is 0 Å². The summed E-state index contributed by atoms with van der Waals surface area (Å²) in [6.45, 7) is 6.24. The number of nitrogens with two attached hydrogens (primary N) is 1. The minimum atomic E-state index is 0.304. The number of benzene rings is 1. The summed E-state index contributed by atoms with van der Waals surface area (Å²) in [5.41, 5.74) is 8.80. The molecule has 1 atom stereocenters. The molecule has 0 heterocycles. The van der Waals surface area contributed by atoms with Crippen molar-refractivity contribution in [2.24, 2.45) is 11.1 Å². The summed E-state index contributed by atoms with van der Waals surface area (Å²) < 4.78 is 0. The maximum atomic E-state index is 5.55. The van der Waals surface area contributed by atoms with Crippen molar-refractivity contribution >= 4 is 0 Å². The molecule has 0 saturated carbocycles. The van der Waals surface area contributed by atoms with Gasteiger partial charge in [-0.25, -0.2) is 0 Å². The lowest BCUT2D eigenvalue weighted by Crippen LogP contribution is -2.34. The average Bonchev–Trinajstić information content (AvgIpc) is 2.45. The van der Waals surface area contributed by atoms with Gasteiger partial charge in [0.2, 0.25) is 0 Å². The smallest absolute Gasteiger partial charge is 0.0378 e. The molecule has 0 fully saturated rings. The molecule has 0 amide bonds. The minimum absolute atomic E-state index is 0.304. The normalized spacial score (nSPS) is 22.7. The Hall–Kier alpha value is -0.860. The van der Waals surface area contributed by atoms with Crippen molar-refractivity contribution in [2.75, 3.05) is 13.1 Å². The molecular formula is C13H20N2. The third kappa shape index (κ3) is 1.92. The lowest BCUT2D eigenvalue weighted by atomic mass is 9.85. The fraction of sp³-hybridized carbons (Fsp3) is 0.538. The van der Waals surface area contributed by atoms with Crippen LogP contribution in [0.15, 0.2) is 24.3 Å². The quantitative estimate of drug-likeness (QED) is 0.788. The van der Waals surface area contributed by atoms with E-state index in [0.29, 0.717) is 18.0 Å². The van der Waals surface area contributed by atoms with Gasteiger partial charge in [-0.2, -0.15) is 0 Å². The van der Waals surface area contributed by atoms with Crippen LogP contribution in [0.1, 0.15) is 31.0 Å². The Kier molecular flexibility index (Phi) is 2.81. The summed E-state index contributed by atoms with van der Waals surface area (Å²) in [6, 6.07) is 9.18. The van der Waals surface area contributed by atoms with E-state index in [2.05, 4.69) is 43.4 Å². The molecular weight excluding hydrogens is 184 g/mol. The van der Waals surface area contributed by atoms with Crippen LogP contribution in [0, 0.1) is 5.41 Å². The van der Waals surface area contributed by atoms with E-state index in [1.165, 1.54) is 11.1 Å². The lowest BCUT2D eigenvalue weighted by molar-refractivity contribution is 0.272. The van der Waals surface area contributed by atoms with Gasteiger partial charge in [-0.3, -0.25) is 0 Å². The molecule has 3 N–H and O–H groups in total. The first-order valence-electron chi connectivity index (χ1n) is 5.66. The van der Waals surface area contributed by atoms with E-state index in [0.717, 1.165) is 13.0 Å². The van der Waals surface area contributed by atoms with Gasteiger partial charge in [-0.05, 0) is 23.0 Å². The van der Waals surface area contributed by atoms with Crippen LogP contribution in [0.25, 0.3) is 0 Å². The maximum absolute atomic E-state index is 5.55. The fourth-order valence-corrected chi connectivity index (χ4v) is 2.60. The summed E-state index contributed by atoms with van der Waals surface area (Å²) in [6.07, 6.45) is 1.16. The van der Waals surface area contributed by atoms with Crippen molar-refractivity contribution in [2.45, 2.75) is 26.3 Å². The lowest BCUT2D eigenvalue weighted by Gasteiger charge is -2.28. The maximum Gasteiger partial charge on any atom is 0.0378 e. The number of nitrogens with one attached hydrogen (secondary N) is 1. The molecule has 0 spiro atoms. The van der Waals surface area contributed by atoms with Crippen LogP contribution < -0.4 is 11.1 Å². The van der Waals surface area contributed by atoms with E-state index in [4.69, 9.17) is 5.73 Å². The molecule has 82 valence electrons. The molecule has 0 bridgehead atoms. The Morgan fingerprint density at radius 3 is 2.87 bits per heavy atom. The second kappa shape index (κ2) is 3.95. The second-order valence-electron chi connectivity index (χ2n) is 5.04. The van der Waals surface area contributed by atoms with Crippen LogP contribution in [-0.4, -0.2) is 13.1 Å². The van der Waals surface area contributed by atoms with Crippen LogP contribution in [0.2, 0.25) is 0 Å². The zero-order chi connectivity index (χ0) is 10.9. The Labute approximate surface area is 91.9 Å². The van der Waals surface area contributed by atoms with Crippen molar-refractivity contribution in [1.82, 2.24) is 5.32 Å². The highest BCUT2D eigenvalue weighted by Crippen LogP contribution is 2.44. The van der Waals surface area contributed by atoms with Crippen molar-refractivity contribution in [3.63, 3.8) is 0 Å². The molecule has 0 saturated heterocycles. The van der Waals surface area contributed by atoms with Crippen molar-refractivity contribution in [3.8, 4) is 0 Å². The predicted molar refractivity (Wildman–Crippen MR) is 63.7 cm³/mol. The SMILES string of the molecule is CC1(C)Cc2ccccc2C1NCCN. The van der Waals surface area contributed by atoms with Crippen LogP contribution in [0.5, 0.6) is 0 Å². The largest absolute Gasteiger partial charge is 0.329 e. The molecule has 1 unspecified atom stereocenters. The summed E-state index contributed by atoms with van der Waals surface area (Å²) in [7, 11) is 0. The molecule has 1 aromatic carbocycles. The standard InChI is InChI=1S/C13H20N2/c1-13(2)9-10-5-3-4-6-11(10)12(13)15-8-7-14/h3-6,12,15H,7-9,14H2,1-2H3. The van der Waals surface area contributed by atoms with E-state index < -0.39 is 0 Å². The topological polar surface area (TPSA) is 38.0 Å². The summed E-state index contributed by atoms with van der Waals surface area (Å²) in [5.74, 6) is 0. The number of hydrogen-bond donors (Lipinski definition) is 2. The highest BCUT2D eigenvalue weighted by atomic mass is 14.9. The molecule has 0 radical (unpaired) electrons. The van der Waals surface area contributed by atoms with E-state index in [-0.39, 0.29) is 0 Å². The molecule has 15 heavy (non-hydrogen) atoms. The first kappa shape index (κ1) is 10.7. The molecule has 1 aromatic rings. The van der Waals surface area contributed by atoms with Gasteiger partial charge in [-0.1, -0.05) is 38.1 Å². The molecule has 1 aliphatic carbocycles. The van der Waals surface area contributed by atoms with E-state index in [1.807, 2.05) is 0 Å². The monoisotopic (exact) mass is 204 g/mol. The van der Waals surface area contributed by atoms with Crippen molar-refractivity contribution < 1.29 is 0 Å². The molecule has 0 aromatic heterocycles. The summed E-state index contributed by atoms with van der Waals surface area (Å²) in [5, 5.41) is 3.55. The average molecular weight is 204 g/mol. The van der Waals surface area contributed by atoms with Crippen LogP contribution >= 0.6 is 0 Å². The van der Waals surface area contributed by atoms with E-state index >= 15 is 0 Å².